The zero-order valence-corrected chi connectivity index (χ0v) is 10.4. The Morgan fingerprint density at radius 3 is 3.06 bits per heavy atom. The summed E-state index contributed by atoms with van der Waals surface area (Å²) >= 11 is 5.77. The van der Waals surface area contributed by atoms with Crippen LogP contribution < -0.4 is 10.1 Å². The molecule has 2 heterocycles. The lowest BCUT2D eigenvalue weighted by Gasteiger charge is -2.09. The van der Waals surface area contributed by atoms with Crippen LogP contribution in [0.25, 0.3) is 0 Å². The maximum Gasteiger partial charge on any atom is 0.322 e. The van der Waals surface area contributed by atoms with E-state index in [1.165, 1.54) is 0 Å². The van der Waals surface area contributed by atoms with Crippen LogP contribution in [0.5, 0.6) is 6.01 Å². The van der Waals surface area contributed by atoms with Crippen LogP contribution in [0.1, 0.15) is 13.3 Å². The molecule has 1 aliphatic rings. The predicted molar refractivity (Wildman–Crippen MR) is 63.4 cm³/mol. The van der Waals surface area contributed by atoms with E-state index in [1.807, 2.05) is 6.92 Å². The van der Waals surface area contributed by atoms with Gasteiger partial charge in [0, 0.05) is 19.1 Å². The largest absolute Gasteiger partial charge is 0.464 e. The van der Waals surface area contributed by atoms with E-state index in [0.717, 1.165) is 26.2 Å². The van der Waals surface area contributed by atoms with Crippen LogP contribution in [0.15, 0.2) is 0 Å². The van der Waals surface area contributed by atoms with E-state index in [0.29, 0.717) is 18.5 Å². The van der Waals surface area contributed by atoms with Crippen molar-refractivity contribution in [2.24, 2.45) is 5.92 Å². The summed E-state index contributed by atoms with van der Waals surface area (Å²) in [6.07, 6.45) is 1.06. The lowest BCUT2D eigenvalue weighted by atomic mass is 10.1. The Labute approximate surface area is 105 Å². The maximum atomic E-state index is 5.77. The Morgan fingerprint density at radius 2 is 2.35 bits per heavy atom. The third kappa shape index (κ3) is 3.67. The molecule has 17 heavy (non-hydrogen) atoms. The minimum atomic E-state index is 0.133. The first-order valence-corrected chi connectivity index (χ1v) is 6.01. The van der Waals surface area contributed by atoms with Crippen LogP contribution in [0.4, 0.5) is 5.95 Å². The Morgan fingerprint density at radius 1 is 1.47 bits per heavy atom. The molecule has 0 saturated carbocycles. The Hall–Kier alpha value is -1.14. The molecule has 1 aromatic heterocycles. The van der Waals surface area contributed by atoms with Crippen LogP contribution in [-0.2, 0) is 4.74 Å². The minimum absolute atomic E-state index is 0.133. The van der Waals surface area contributed by atoms with Crippen LogP contribution >= 0.6 is 11.6 Å². The van der Waals surface area contributed by atoms with Gasteiger partial charge in [0.25, 0.3) is 0 Å². The van der Waals surface area contributed by atoms with E-state index in [2.05, 4.69) is 20.3 Å². The van der Waals surface area contributed by atoms with Crippen LogP contribution in [0, 0.1) is 5.92 Å². The minimum Gasteiger partial charge on any atom is -0.464 e. The molecule has 0 aromatic carbocycles. The number of hydrogen-bond donors (Lipinski definition) is 1. The fraction of sp³-hybridized carbons (Fsp3) is 0.700. The molecule has 1 aromatic rings. The first kappa shape index (κ1) is 12.3. The maximum absolute atomic E-state index is 5.77. The zero-order chi connectivity index (χ0) is 12.1. The van der Waals surface area contributed by atoms with Crippen LogP contribution in [-0.4, -0.2) is 41.3 Å². The van der Waals surface area contributed by atoms with Crippen molar-refractivity contribution in [2.45, 2.75) is 13.3 Å². The van der Waals surface area contributed by atoms with Gasteiger partial charge < -0.3 is 14.8 Å². The molecule has 2 rings (SSSR count). The Balaban J connectivity index is 1.94. The summed E-state index contributed by atoms with van der Waals surface area (Å²) in [7, 11) is 0. The number of nitrogens with one attached hydrogen (secondary N) is 1. The highest BCUT2D eigenvalue weighted by atomic mass is 35.5. The second kappa shape index (κ2) is 5.97. The summed E-state index contributed by atoms with van der Waals surface area (Å²) in [6, 6.07) is 0.248. The quantitative estimate of drug-likeness (QED) is 0.860. The monoisotopic (exact) mass is 258 g/mol. The molecule has 94 valence electrons. The second-order valence-electron chi connectivity index (χ2n) is 3.75. The van der Waals surface area contributed by atoms with Crippen molar-refractivity contribution < 1.29 is 9.47 Å². The molecular weight excluding hydrogens is 244 g/mol. The molecule has 1 N–H and O–H groups in total. The standard InChI is InChI=1S/C10H15ClN4O2/c1-2-17-10-14-8(11)13-9(15-10)12-5-7-3-4-16-6-7/h7H,2-6H2,1H3,(H,12,13,14,15). The zero-order valence-electron chi connectivity index (χ0n) is 9.65. The topological polar surface area (TPSA) is 69.2 Å². The predicted octanol–water partition coefficient (Wildman–Crippen LogP) is 1.37. The summed E-state index contributed by atoms with van der Waals surface area (Å²) in [6.45, 7) is 4.74. The van der Waals surface area contributed by atoms with E-state index in [4.69, 9.17) is 21.1 Å². The summed E-state index contributed by atoms with van der Waals surface area (Å²) < 4.78 is 10.5. The third-order valence-electron chi connectivity index (χ3n) is 2.43. The van der Waals surface area contributed by atoms with Crippen molar-refractivity contribution >= 4 is 17.5 Å². The summed E-state index contributed by atoms with van der Waals surface area (Å²) in [5.74, 6) is 0.946. The molecular formula is C10H15ClN4O2. The Kier molecular flexibility index (Phi) is 4.33. The fourth-order valence-corrected chi connectivity index (χ4v) is 1.74. The Bertz CT molecular complexity index is 371. The van der Waals surface area contributed by atoms with Gasteiger partial charge in [-0.2, -0.15) is 15.0 Å². The number of halogens is 1. The molecule has 1 atom stereocenters. The van der Waals surface area contributed by atoms with Crippen molar-refractivity contribution in [3.05, 3.63) is 5.28 Å². The van der Waals surface area contributed by atoms with E-state index < -0.39 is 0 Å². The summed E-state index contributed by atoms with van der Waals surface area (Å²) in [4.78, 5) is 12.0. The number of aromatic nitrogens is 3. The number of nitrogens with zero attached hydrogens (tertiary/aromatic N) is 3. The van der Waals surface area contributed by atoms with Gasteiger partial charge in [0.2, 0.25) is 11.2 Å². The van der Waals surface area contributed by atoms with Crippen LogP contribution in [0.3, 0.4) is 0 Å². The van der Waals surface area contributed by atoms with Gasteiger partial charge >= 0.3 is 6.01 Å². The normalized spacial score (nSPS) is 19.3. The number of rotatable bonds is 5. The fourth-order valence-electron chi connectivity index (χ4n) is 1.58. The van der Waals surface area contributed by atoms with Gasteiger partial charge in [-0.25, -0.2) is 0 Å². The van der Waals surface area contributed by atoms with Gasteiger partial charge in [0.05, 0.1) is 13.2 Å². The summed E-state index contributed by atoms with van der Waals surface area (Å²) in [5.41, 5.74) is 0. The molecule has 0 aliphatic carbocycles. The smallest absolute Gasteiger partial charge is 0.322 e. The van der Waals surface area contributed by atoms with E-state index in [-0.39, 0.29) is 11.3 Å². The number of ether oxygens (including phenoxy) is 2. The van der Waals surface area contributed by atoms with Gasteiger partial charge in [0.1, 0.15) is 0 Å². The average molecular weight is 259 g/mol. The van der Waals surface area contributed by atoms with Crippen molar-refractivity contribution in [1.82, 2.24) is 15.0 Å². The van der Waals surface area contributed by atoms with Crippen LogP contribution in [0.2, 0.25) is 5.28 Å². The van der Waals surface area contributed by atoms with Gasteiger partial charge in [-0.05, 0) is 24.9 Å². The summed E-state index contributed by atoms with van der Waals surface area (Å²) in [5, 5.41) is 3.25. The first-order chi connectivity index (χ1) is 8.28. The number of anilines is 1. The van der Waals surface area contributed by atoms with Crippen molar-refractivity contribution in [2.75, 3.05) is 31.7 Å². The highest BCUT2D eigenvalue weighted by Gasteiger charge is 2.16. The van der Waals surface area contributed by atoms with Crippen molar-refractivity contribution in [3.63, 3.8) is 0 Å². The molecule has 0 radical (unpaired) electrons. The van der Waals surface area contributed by atoms with Crippen molar-refractivity contribution in [1.29, 1.82) is 0 Å². The molecule has 0 bridgehead atoms. The molecule has 1 unspecified atom stereocenters. The van der Waals surface area contributed by atoms with E-state index >= 15 is 0 Å². The molecule has 0 amide bonds. The highest BCUT2D eigenvalue weighted by Crippen LogP contribution is 2.15. The molecule has 6 nitrogen and oxygen atoms in total. The van der Waals surface area contributed by atoms with Gasteiger partial charge in [-0.15, -0.1) is 0 Å². The van der Waals surface area contributed by atoms with Gasteiger partial charge in [0.15, 0.2) is 0 Å². The van der Waals surface area contributed by atoms with Gasteiger partial charge in [-0.1, -0.05) is 0 Å². The SMILES string of the molecule is CCOc1nc(Cl)nc(NCC2CCOC2)n1. The molecule has 7 heteroatoms. The lowest BCUT2D eigenvalue weighted by Crippen LogP contribution is -2.16. The van der Waals surface area contributed by atoms with E-state index in [9.17, 15) is 0 Å². The third-order valence-corrected chi connectivity index (χ3v) is 2.60. The lowest BCUT2D eigenvalue weighted by molar-refractivity contribution is 0.187. The second-order valence-corrected chi connectivity index (χ2v) is 4.09. The molecule has 1 fully saturated rings. The van der Waals surface area contributed by atoms with Gasteiger partial charge in [-0.3, -0.25) is 0 Å². The number of hydrogen-bond acceptors (Lipinski definition) is 6. The average Bonchev–Trinajstić information content (AvgIpc) is 2.79. The molecule has 0 spiro atoms. The molecule has 1 aliphatic heterocycles. The van der Waals surface area contributed by atoms with Crippen molar-refractivity contribution in [3.8, 4) is 6.01 Å². The first-order valence-electron chi connectivity index (χ1n) is 5.64. The molecule has 1 saturated heterocycles. The van der Waals surface area contributed by atoms with E-state index in [1.54, 1.807) is 0 Å². The highest BCUT2D eigenvalue weighted by molar-refractivity contribution is 6.28.